The molecule has 0 saturated carbocycles. The van der Waals surface area contributed by atoms with E-state index < -0.39 is 4.92 Å². The lowest BCUT2D eigenvalue weighted by Gasteiger charge is -2.09. The van der Waals surface area contributed by atoms with Crippen LogP contribution >= 0.6 is 15.9 Å². The number of nitro groups is 1. The van der Waals surface area contributed by atoms with Crippen LogP contribution in [-0.4, -0.2) is 14.5 Å². The molecule has 0 unspecified atom stereocenters. The van der Waals surface area contributed by atoms with E-state index >= 15 is 0 Å². The van der Waals surface area contributed by atoms with E-state index in [9.17, 15) is 10.1 Å². The van der Waals surface area contributed by atoms with Crippen molar-refractivity contribution in [1.82, 2.24) is 9.55 Å². The molecule has 5 nitrogen and oxygen atoms in total. The number of hydrogen-bond donors (Lipinski definition) is 0. The molecule has 0 fully saturated rings. The lowest BCUT2D eigenvalue weighted by molar-refractivity contribution is -0.384. The molecule has 1 heterocycles. The number of nitrogens with zero attached hydrogens (tertiary/aromatic N) is 3. The van der Waals surface area contributed by atoms with Crippen LogP contribution in [0.1, 0.15) is 24.7 Å². The molecule has 2 aromatic rings. The summed E-state index contributed by atoms with van der Waals surface area (Å²) in [6, 6.07) is 4.83. The van der Waals surface area contributed by atoms with Crippen LogP contribution < -0.4 is 0 Å². The zero-order valence-corrected chi connectivity index (χ0v) is 12.1. The topological polar surface area (TPSA) is 61.0 Å². The Morgan fingerprint density at radius 2 is 2.26 bits per heavy atom. The molecule has 6 heteroatoms. The molecular formula is C13H14BrN3O2. The lowest BCUT2D eigenvalue weighted by Crippen LogP contribution is -2.05. The second-order valence-electron chi connectivity index (χ2n) is 4.25. The van der Waals surface area contributed by atoms with Crippen LogP contribution in [0.4, 0.5) is 5.69 Å². The molecule has 0 amide bonds. The molecule has 0 aliphatic heterocycles. The Balaban J connectivity index is 2.23. The van der Waals surface area contributed by atoms with E-state index in [1.54, 1.807) is 12.3 Å². The van der Waals surface area contributed by atoms with Gasteiger partial charge in [0.1, 0.15) is 5.82 Å². The van der Waals surface area contributed by atoms with Gasteiger partial charge in [0, 0.05) is 42.0 Å². The van der Waals surface area contributed by atoms with Crippen LogP contribution in [0, 0.1) is 10.1 Å². The van der Waals surface area contributed by atoms with E-state index in [1.807, 2.05) is 6.20 Å². The van der Waals surface area contributed by atoms with Gasteiger partial charge in [-0.3, -0.25) is 10.1 Å². The number of imidazole rings is 1. The zero-order valence-electron chi connectivity index (χ0n) is 10.5. The maximum atomic E-state index is 10.7. The van der Waals surface area contributed by atoms with Gasteiger partial charge in [-0.1, -0.05) is 22.9 Å². The third-order valence-corrected chi connectivity index (χ3v) is 3.60. The molecule has 19 heavy (non-hydrogen) atoms. The van der Waals surface area contributed by atoms with E-state index in [2.05, 4.69) is 32.4 Å². The largest absolute Gasteiger partial charge is 0.330 e. The monoisotopic (exact) mass is 323 g/mol. The van der Waals surface area contributed by atoms with Crippen molar-refractivity contribution in [2.24, 2.45) is 0 Å². The van der Waals surface area contributed by atoms with Crippen molar-refractivity contribution < 1.29 is 4.92 Å². The smallest absolute Gasteiger partial charge is 0.270 e. The number of benzene rings is 1. The van der Waals surface area contributed by atoms with Gasteiger partial charge in [0.25, 0.3) is 5.69 Å². The number of aromatic nitrogens is 2. The minimum absolute atomic E-state index is 0.0926. The van der Waals surface area contributed by atoms with Gasteiger partial charge in [0.05, 0.1) is 4.92 Å². The van der Waals surface area contributed by atoms with E-state index in [-0.39, 0.29) is 5.69 Å². The number of aryl methyl sites for hydroxylation is 1. The van der Waals surface area contributed by atoms with Crippen LogP contribution in [0.2, 0.25) is 0 Å². The Morgan fingerprint density at radius 1 is 1.47 bits per heavy atom. The normalized spacial score (nSPS) is 10.6. The Labute approximate surface area is 119 Å². The Kier molecular flexibility index (Phi) is 4.31. The summed E-state index contributed by atoms with van der Waals surface area (Å²) in [7, 11) is 0. The first-order chi connectivity index (χ1) is 9.11. The highest BCUT2D eigenvalue weighted by atomic mass is 79.9. The first kappa shape index (κ1) is 13.7. The average molecular weight is 324 g/mol. The summed E-state index contributed by atoms with van der Waals surface area (Å²) in [5.41, 5.74) is 1.09. The summed E-state index contributed by atoms with van der Waals surface area (Å²) < 4.78 is 2.81. The predicted molar refractivity (Wildman–Crippen MR) is 76.1 cm³/mol. The van der Waals surface area contributed by atoms with Crippen LogP contribution in [-0.2, 0) is 13.0 Å². The molecule has 0 spiro atoms. The van der Waals surface area contributed by atoms with Gasteiger partial charge < -0.3 is 4.57 Å². The number of hydrogen-bond acceptors (Lipinski definition) is 3. The highest BCUT2D eigenvalue weighted by Gasteiger charge is 2.10. The van der Waals surface area contributed by atoms with Crippen molar-refractivity contribution in [2.45, 2.75) is 26.3 Å². The molecule has 1 aromatic heterocycles. The second-order valence-corrected chi connectivity index (χ2v) is 5.11. The minimum Gasteiger partial charge on any atom is -0.330 e. The highest BCUT2D eigenvalue weighted by Crippen LogP contribution is 2.24. The van der Waals surface area contributed by atoms with Crippen LogP contribution in [0.15, 0.2) is 35.1 Å². The highest BCUT2D eigenvalue weighted by molar-refractivity contribution is 9.10. The third-order valence-electron chi connectivity index (χ3n) is 2.86. The molecule has 0 saturated heterocycles. The van der Waals surface area contributed by atoms with Crippen molar-refractivity contribution in [3.63, 3.8) is 0 Å². The van der Waals surface area contributed by atoms with Crippen molar-refractivity contribution >= 4 is 21.6 Å². The zero-order chi connectivity index (χ0) is 13.8. The second kappa shape index (κ2) is 5.97. The fraction of sp³-hybridized carbons (Fsp3) is 0.308. The minimum atomic E-state index is -0.395. The Bertz CT molecular complexity index is 595. The van der Waals surface area contributed by atoms with Crippen LogP contribution in [0.25, 0.3) is 0 Å². The van der Waals surface area contributed by atoms with E-state index in [0.717, 1.165) is 28.7 Å². The first-order valence-corrected chi connectivity index (χ1v) is 6.84. The van der Waals surface area contributed by atoms with Gasteiger partial charge in [-0.25, -0.2) is 4.98 Å². The van der Waals surface area contributed by atoms with Crippen molar-refractivity contribution in [2.75, 3.05) is 0 Å². The van der Waals surface area contributed by atoms with Crippen molar-refractivity contribution in [1.29, 1.82) is 0 Å². The number of halogens is 1. The fourth-order valence-corrected chi connectivity index (χ4v) is 2.39. The maximum Gasteiger partial charge on any atom is 0.270 e. The molecular weight excluding hydrogens is 310 g/mol. The van der Waals surface area contributed by atoms with E-state index in [0.29, 0.717) is 6.54 Å². The summed E-state index contributed by atoms with van der Waals surface area (Å²) in [5, 5.41) is 10.7. The molecule has 100 valence electrons. The van der Waals surface area contributed by atoms with Gasteiger partial charge in [-0.15, -0.1) is 0 Å². The molecule has 0 aliphatic rings. The Hall–Kier alpha value is -1.69. The molecule has 0 N–H and O–H groups in total. The number of nitro benzene ring substituents is 1. The standard InChI is InChI=1S/C13H14BrN3O2/c1-2-3-13-15-6-7-16(13)9-10-4-5-11(17(18)19)8-12(10)14/h4-8H,2-3,9H2,1H3. The third kappa shape index (κ3) is 3.20. The number of non-ortho nitro benzene ring substituents is 1. The summed E-state index contributed by atoms with van der Waals surface area (Å²) in [4.78, 5) is 14.6. The quantitative estimate of drug-likeness (QED) is 0.624. The summed E-state index contributed by atoms with van der Waals surface area (Å²) >= 11 is 3.39. The molecule has 0 radical (unpaired) electrons. The molecule has 0 aliphatic carbocycles. The predicted octanol–water partition coefficient (Wildman–Crippen LogP) is 3.55. The average Bonchev–Trinajstić information content (AvgIpc) is 2.79. The van der Waals surface area contributed by atoms with Gasteiger partial charge in [0.15, 0.2) is 0 Å². The summed E-state index contributed by atoms with van der Waals surface area (Å²) in [5.74, 6) is 1.03. The molecule has 1 aromatic carbocycles. The van der Waals surface area contributed by atoms with Crippen molar-refractivity contribution in [3.8, 4) is 0 Å². The molecule has 2 rings (SSSR count). The van der Waals surface area contributed by atoms with Gasteiger partial charge >= 0.3 is 0 Å². The van der Waals surface area contributed by atoms with Crippen LogP contribution in [0.5, 0.6) is 0 Å². The summed E-state index contributed by atoms with van der Waals surface area (Å²) in [6.07, 6.45) is 5.68. The van der Waals surface area contributed by atoms with Gasteiger partial charge in [-0.05, 0) is 18.1 Å². The fourth-order valence-electron chi connectivity index (χ4n) is 1.90. The lowest BCUT2D eigenvalue weighted by atomic mass is 10.2. The van der Waals surface area contributed by atoms with Crippen molar-refractivity contribution in [3.05, 3.63) is 56.6 Å². The molecule has 0 atom stereocenters. The van der Waals surface area contributed by atoms with Gasteiger partial charge in [0.2, 0.25) is 0 Å². The maximum absolute atomic E-state index is 10.7. The number of rotatable bonds is 5. The van der Waals surface area contributed by atoms with E-state index in [4.69, 9.17) is 0 Å². The van der Waals surface area contributed by atoms with E-state index in [1.165, 1.54) is 12.1 Å². The first-order valence-electron chi connectivity index (χ1n) is 6.04. The van der Waals surface area contributed by atoms with Crippen LogP contribution in [0.3, 0.4) is 0 Å². The SMILES string of the molecule is CCCc1nccn1Cc1ccc([N+](=O)[O-])cc1Br. The summed E-state index contributed by atoms with van der Waals surface area (Å²) in [6.45, 7) is 2.77. The molecule has 0 bridgehead atoms. The van der Waals surface area contributed by atoms with Gasteiger partial charge in [-0.2, -0.15) is 0 Å². The Morgan fingerprint density at radius 3 is 2.89 bits per heavy atom.